The van der Waals surface area contributed by atoms with E-state index in [4.69, 9.17) is 32.7 Å². The molecular weight excluding hydrogens is 668 g/mol. The van der Waals surface area contributed by atoms with Gasteiger partial charge in [-0.3, -0.25) is 0 Å². The van der Waals surface area contributed by atoms with Crippen LogP contribution >= 0.6 is 35.0 Å². The fourth-order valence-corrected chi connectivity index (χ4v) is 8.19. The molecule has 9 nitrogen and oxygen atoms in total. The van der Waals surface area contributed by atoms with Crippen LogP contribution < -0.4 is 14.2 Å². The van der Waals surface area contributed by atoms with Gasteiger partial charge < -0.3 is 19.4 Å². The van der Waals surface area contributed by atoms with Crippen LogP contribution in [0.2, 0.25) is 10.0 Å². The molecule has 1 aliphatic heterocycles. The summed E-state index contributed by atoms with van der Waals surface area (Å²) in [5.74, 6) is -1.39. The molecule has 0 bridgehead atoms. The van der Waals surface area contributed by atoms with E-state index in [1.807, 2.05) is 0 Å². The lowest BCUT2D eigenvalue weighted by atomic mass is 10.0. The second kappa shape index (κ2) is 13.6. The highest BCUT2D eigenvalue weighted by atomic mass is 35.5. The molecule has 44 heavy (non-hydrogen) atoms. The van der Waals surface area contributed by atoms with Gasteiger partial charge in [0.15, 0.2) is 29.3 Å². The Morgan fingerprint density at radius 3 is 2.50 bits per heavy atom. The van der Waals surface area contributed by atoms with E-state index >= 15 is 0 Å². The average Bonchev–Trinajstić information content (AvgIpc) is 3.65. The number of carbonyl (C=O) groups is 1. The summed E-state index contributed by atoms with van der Waals surface area (Å²) < 4.78 is 84.4. The molecule has 3 aromatic rings. The van der Waals surface area contributed by atoms with Crippen LogP contribution in [0.1, 0.15) is 30.1 Å². The molecule has 5 rings (SSSR count). The largest absolute Gasteiger partial charge is 0.619 e. The third kappa shape index (κ3) is 7.65. The Morgan fingerprint density at radius 1 is 1.11 bits per heavy atom. The van der Waals surface area contributed by atoms with Crippen LogP contribution in [0, 0.1) is 16.9 Å². The number of rotatable bonds is 12. The van der Waals surface area contributed by atoms with Gasteiger partial charge in [-0.2, -0.15) is 17.8 Å². The van der Waals surface area contributed by atoms with Gasteiger partial charge in [-0.05, 0) is 54.7 Å². The number of ether oxygens (including phenoxy) is 3. The van der Waals surface area contributed by atoms with E-state index in [0.717, 1.165) is 53.4 Å². The number of aromatic nitrogens is 1. The maximum absolute atomic E-state index is 13.8. The van der Waals surface area contributed by atoms with Gasteiger partial charge in [0, 0.05) is 24.3 Å². The summed E-state index contributed by atoms with van der Waals surface area (Å²) in [6.45, 7) is -2.89. The summed E-state index contributed by atoms with van der Waals surface area (Å²) in [6, 6.07) is 8.45. The molecule has 236 valence electrons. The molecule has 1 aliphatic carbocycles. The SMILES string of the molecule is O=C(O[C@@H](Cc1c(Cl)c[n+]([O-])cc1Cl)c1ccc(OC(F)F)c(OCC2CC2)c1)C1SCCN1S(=O)(=O)c1cccc(F)c1. The quantitative estimate of drug-likeness (QED) is 0.134. The van der Waals surface area contributed by atoms with Crippen molar-refractivity contribution in [3.05, 3.63) is 87.1 Å². The zero-order valence-electron chi connectivity index (χ0n) is 22.7. The Bertz CT molecular complexity index is 1620. The molecule has 0 radical (unpaired) electrons. The molecule has 0 N–H and O–H groups in total. The van der Waals surface area contributed by atoms with E-state index in [9.17, 15) is 31.6 Å². The predicted octanol–water partition coefficient (Wildman–Crippen LogP) is 5.75. The first kappa shape index (κ1) is 32.5. The van der Waals surface area contributed by atoms with E-state index in [-0.39, 0.29) is 68.8 Å². The number of sulfonamides is 1. The van der Waals surface area contributed by atoms with Gasteiger partial charge in [-0.25, -0.2) is 17.6 Å². The molecular formula is C28H25Cl2F3N2O7S2. The molecule has 2 heterocycles. The van der Waals surface area contributed by atoms with Crippen LogP contribution in [0.4, 0.5) is 13.2 Å². The van der Waals surface area contributed by atoms with Crippen LogP contribution in [0.15, 0.2) is 59.8 Å². The molecule has 1 saturated carbocycles. The number of carbonyl (C=O) groups excluding carboxylic acids is 1. The highest BCUT2D eigenvalue weighted by Crippen LogP contribution is 2.39. The van der Waals surface area contributed by atoms with E-state index in [1.54, 1.807) is 0 Å². The van der Waals surface area contributed by atoms with Crippen LogP contribution in [-0.2, 0) is 26.0 Å². The van der Waals surface area contributed by atoms with Crippen molar-refractivity contribution in [1.29, 1.82) is 0 Å². The third-order valence-electron chi connectivity index (χ3n) is 6.89. The van der Waals surface area contributed by atoms with Crippen molar-refractivity contribution in [3.63, 3.8) is 0 Å². The minimum Gasteiger partial charge on any atom is -0.619 e. The maximum atomic E-state index is 13.8. The van der Waals surface area contributed by atoms with Crippen LogP contribution in [0.5, 0.6) is 11.5 Å². The van der Waals surface area contributed by atoms with Crippen molar-refractivity contribution in [2.24, 2.45) is 5.92 Å². The van der Waals surface area contributed by atoms with E-state index < -0.39 is 39.9 Å². The normalized spacial score (nSPS) is 17.9. The number of esters is 1. The number of halogens is 5. The summed E-state index contributed by atoms with van der Waals surface area (Å²) in [4.78, 5) is 13.3. The highest BCUT2D eigenvalue weighted by molar-refractivity contribution is 8.02. The smallest absolute Gasteiger partial charge is 0.387 e. The minimum atomic E-state index is -4.28. The molecule has 1 aromatic heterocycles. The van der Waals surface area contributed by atoms with Gasteiger partial charge in [0.2, 0.25) is 10.0 Å². The topological polar surface area (TPSA) is 109 Å². The van der Waals surface area contributed by atoms with E-state index in [1.165, 1.54) is 30.3 Å². The molecule has 16 heteroatoms. The van der Waals surface area contributed by atoms with Gasteiger partial charge in [0.1, 0.15) is 22.0 Å². The Kier molecular flexibility index (Phi) is 10.0. The lowest BCUT2D eigenvalue weighted by molar-refractivity contribution is -0.605. The van der Waals surface area contributed by atoms with Crippen LogP contribution in [-0.4, -0.2) is 49.6 Å². The summed E-state index contributed by atoms with van der Waals surface area (Å²) in [7, 11) is -4.28. The van der Waals surface area contributed by atoms with E-state index in [0.29, 0.717) is 4.73 Å². The monoisotopic (exact) mass is 692 g/mol. The van der Waals surface area contributed by atoms with Crippen molar-refractivity contribution in [3.8, 4) is 11.5 Å². The average molecular weight is 694 g/mol. The van der Waals surface area contributed by atoms with Gasteiger partial charge in [0.05, 0.1) is 11.5 Å². The van der Waals surface area contributed by atoms with Crippen molar-refractivity contribution >= 4 is 51.0 Å². The van der Waals surface area contributed by atoms with Crippen molar-refractivity contribution in [2.45, 2.75) is 42.2 Å². The van der Waals surface area contributed by atoms with Crippen LogP contribution in [0.3, 0.4) is 0 Å². The molecule has 2 aromatic carbocycles. The first-order chi connectivity index (χ1) is 20.9. The number of pyridine rings is 1. The van der Waals surface area contributed by atoms with Gasteiger partial charge in [-0.1, -0.05) is 35.3 Å². The Balaban J connectivity index is 1.48. The van der Waals surface area contributed by atoms with Gasteiger partial charge in [-0.15, -0.1) is 11.8 Å². The first-order valence-electron chi connectivity index (χ1n) is 13.3. The first-order valence-corrected chi connectivity index (χ1v) is 16.5. The number of hydrogen-bond acceptors (Lipinski definition) is 8. The number of nitrogens with zero attached hydrogens (tertiary/aromatic N) is 2. The number of hydrogen-bond donors (Lipinski definition) is 0. The lowest BCUT2D eigenvalue weighted by Crippen LogP contribution is -2.40. The molecule has 0 amide bonds. The molecule has 1 saturated heterocycles. The second-order valence-corrected chi connectivity index (χ2v) is 14.0. The predicted molar refractivity (Wildman–Crippen MR) is 156 cm³/mol. The zero-order chi connectivity index (χ0) is 31.6. The van der Waals surface area contributed by atoms with Crippen molar-refractivity contribution < 1.29 is 45.3 Å². The second-order valence-electron chi connectivity index (χ2n) is 10.1. The molecule has 1 unspecified atom stereocenters. The zero-order valence-corrected chi connectivity index (χ0v) is 25.9. The van der Waals surface area contributed by atoms with Gasteiger partial charge in [0.25, 0.3) is 0 Å². The Labute approximate surface area is 265 Å². The minimum absolute atomic E-state index is 0.0102. The number of thioether (sulfide) groups is 1. The number of alkyl halides is 2. The highest BCUT2D eigenvalue weighted by Gasteiger charge is 2.42. The molecule has 2 fully saturated rings. The fourth-order valence-electron chi connectivity index (χ4n) is 4.51. The maximum Gasteiger partial charge on any atom is 0.387 e. The molecule has 2 atom stereocenters. The molecule has 0 spiro atoms. The summed E-state index contributed by atoms with van der Waals surface area (Å²) in [6.07, 6.45) is 2.63. The van der Waals surface area contributed by atoms with Crippen molar-refractivity contribution in [2.75, 3.05) is 18.9 Å². The fraction of sp³-hybridized carbons (Fsp3) is 0.357. The Morgan fingerprint density at radius 2 is 1.84 bits per heavy atom. The lowest BCUT2D eigenvalue weighted by Gasteiger charge is -2.26. The van der Waals surface area contributed by atoms with E-state index in [2.05, 4.69) is 4.74 Å². The number of benzene rings is 2. The standard InChI is InChI=1S/C28H25Cl2F3N2O7S2/c29-21-13-34(37)14-22(30)20(21)12-24(17-6-7-23(42-28(32)33)25(10-17)40-15-16-4-5-16)41-27(36)26-35(8-9-43-26)44(38,39)19-3-1-2-18(31)11-19/h1-3,6-7,10-11,13-14,16,24,26,28H,4-5,8-9,12,15H2/t24-,26?/m0/s1. The third-order valence-corrected chi connectivity index (χ3v) is 10.7. The summed E-state index contributed by atoms with van der Waals surface area (Å²) >= 11 is 13.6. The molecule has 2 aliphatic rings. The van der Waals surface area contributed by atoms with Crippen molar-refractivity contribution in [1.82, 2.24) is 4.31 Å². The summed E-state index contributed by atoms with van der Waals surface area (Å²) in [5, 5.41) is 10.5. The summed E-state index contributed by atoms with van der Waals surface area (Å²) in [5.41, 5.74) is 0.522. The van der Waals surface area contributed by atoms with Crippen LogP contribution in [0.25, 0.3) is 0 Å². The Hall–Kier alpha value is -2.91. The van der Waals surface area contributed by atoms with Gasteiger partial charge >= 0.3 is 12.6 Å².